The maximum absolute atomic E-state index is 5.88. The molecule has 0 bridgehead atoms. The van der Waals surface area contributed by atoms with Crippen LogP contribution in [0.5, 0.6) is 5.75 Å². The summed E-state index contributed by atoms with van der Waals surface area (Å²) in [6.45, 7) is 10.5. The van der Waals surface area contributed by atoms with Crippen LogP contribution in [0.4, 0.5) is 11.4 Å². The number of piperazine rings is 1. The zero-order valence-corrected chi connectivity index (χ0v) is 12.1. The summed E-state index contributed by atoms with van der Waals surface area (Å²) in [5.74, 6) is 1.07. The summed E-state index contributed by atoms with van der Waals surface area (Å²) in [4.78, 5) is 4.81. The van der Waals surface area contributed by atoms with Crippen molar-refractivity contribution in [2.75, 3.05) is 56.2 Å². The van der Waals surface area contributed by atoms with E-state index in [1.807, 2.05) is 0 Å². The Morgan fingerprint density at radius 3 is 2.63 bits per heavy atom. The van der Waals surface area contributed by atoms with Crippen molar-refractivity contribution in [2.24, 2.45) is 0 Å². The van der Waals surface area contributed by atoms with Gasteiger partial charge in [0.15, 0.2) is 0 Å². The molecule has 19 heavy (non-hydrogen) atoms. The number of ether oxygens (including phenoxy) is 1. The Kier molecular flexibility index (Phi) is 3.27. The van der Waals surface area contributed by atoms with Crippen LogP contribution in [-0.2, 0) is 0 Å². The summed E-state index contributed by atoms with van der Waals surface area (Å²) in [6.07, 6.45) is 0. The van der Waals surface area contributed by atoms with Crippen molar-refractivity contribution >= 4 is 11.4 Å². The van der Waals surface area contributed by atoms with Crippen molar-refractivity contribution < 1.29 is 4.74 Å². The highest BCUT2D eigenvalue weighted by atomic mass is 16.5. The molecule has 4 nitrogen and oxygen atoms in total. The minimum Gasteiger partial charge on any atom is -0.489 e. The molecule has 1 aromatic carbocycles. The van der Waals surface area contributed by atoms with E-state index in [0.29, 0.717) is 0 Å². The lowest BCUT2D eigenvalue weighted by Crippen LogP contribution is -2.44. The second-order valence-electron chi connectivity index (χ2n) is 5.52. The van der Waals surface area contributed by atoms with Crippen LogP contribution in [0.3, 0.4) is 0 Å². The highest BCUT2D eigenvalue weighted by Gasteiger charge is 2.24. The molecule has 4 heteroatoms. The van der Waals surface area contributed by atoms with Crippen LogP contribution in [-0.4, -0.2) is 46.4 Å². The second kappa shape index (κ2) is 4.93. The smallest absolute Gasteiger partial charge is 0.146 e. The zero-order chi connectivity index (χ0) is 13.4. The first-order chi connectivity index (χ1) is 9.18. The molecule has 2 heterocycles. The van der Waals surface area contributed by atoms with Gasteiger partial charge in [0, 0.05) is 38.9 Å². The van der Waals surface area contributed by atoms with E-state index < -0.39 is 0 Å². The number of fused-ring (bicyclic) bond motifs is 1. The third-order valence-corrected chi connectivity index (χ3v) is 4.18. The Bertz CT molecular complexity index is 481. The van der Waals surface area contributed by atoms with Crippen molar-refractivity contribution in [1.82, 2.24) is 5.32 Å². The highest BCUT2D eigenvalue weighted by Crippen LogP contribution is 2.42. The van der Waals surface area contributed by atoms with E-state index in [2.05, 4.69) is 42.1 Å². The standard InChI is InChI=1S/C15H23N3O/c1-11-10-13(18-6-4-16-5-7-18)12(2)14-15(11)19-9-8-17(14)3/h10,16H,4-9H2,1-3H3. The quantitative estimate of drug-likeness (QED) is 0.830. The third-order valence-electron chi connectivity index (χ3n) is 4.18. The fourth-order valence-corrected chi connectivity index (χ4v) is 3.13. The Morgan fingerprint density at radius 2 is 1.89 bits per heavy atom. The molecular weight excluding hydrogens is 238 g/mol. The van der Waals surface area contributed by atoms with E-state index in [1.54, 1.807) is 0 Å². The SMILES string of the molecule is Cc1cc(N2CCNCC2)c(C)c2c1OCCN2C. The van der Waals surface area contributed by atoms with Crippen LogP contribution in [0.2, 0.25) is 0 Å². The lowest BCUT2D eigenvalue weighted by Gasteiger charge is -2.36. The number of nitrogens with one attached hydrogen (secondary N) is 1. The zero-order valence-electron chi connectivity index (χ0n) is 12.1. The van der Waals surface area contributed by atoms with Crippen LogP contribution in [0.25, 0.3) is 0 Å². The normalized spacial score (nSPS) is 19.1. The first-order valence-corrected chi connectivity index (χ1v) is 7.12. The number of anilines is 2. The number of benzene rings is 1. The molecule has 104 valence electrons. The Balaban J connectivity index is 2.06. The molecule has 1 N–H and O–H groups in total. The van der Waals surface area contributed by atoms with E-state index >= 15 is 0 Å². The lowest BCUT2D eigenvalue weighted by atomic mass is 10.0. The average Bonchev–Trinajstić information content (AvgIpc) is 2.43. The molecule has 2 aliphatic rings. The molecule has 2 aliphatic heterocycles. The van der Waals surface area contributed by atoms with Gasteiger partial charge in [0.2, 0.25) is 0 Å². The molecule has 0 spiro atoms. The van der Waals surface area contributed by atoms with E-state index in [-0.39, 0.29) is 0 Å². The highest BCUT2D eigenvalue weighted by molar-refractivity contribution is 5.76. The van der Waals surface area contributed by atoms with Gasteiger partial charge < -0.3 is 19.9 Å². The summed E-state index contributed by atoms with van der Waals surface area (Å²) < 4.78 is 5.88. The topological polar surface area (TPSA) is 27.7 Å². The van der Waals surface area contributed by atoms with E-state index in [4.69, 9.17) is 4.74 Å². The van der Waals surface area contributed by atoms with Gasteiger partial charge in [0.1, 0.15) is 12.4 Å². The first-order valence-electron chi connectivity index (χ1n) is 7.12. The molecule has 1 aromatic rings. The molecule has 0 atom stereocenters. The van der Waals surface area contributed by atoms with Crippen LogP contribution in [0.1, 0.15) is 11.1 Å². The molecular formula is C15H23N3O. The van der Waals surface area contributed by atoms with Gasteiger partial charge in [-0.3, -0.25) is 0 Å². The minimum absolute atomic E-state index is 0.788. The number of hydrogen-bond donors (Lipinski definition) is 1. The predicted octanol–water partition coefficient (Wildman–Crippen LogP) is 1.54. The number of nitrogens with zero attached hydrogens (tertiary/aromatic N) is 2. The number of aryl methyl sites for hydroxylation is 1. The molecule has 3 rings (SSSR count). The van der Waals surface area contributed by atoms with Crippen molar-refractivity contribution in [3.63, 3.8) is 0 Å². The number of hydrogen-bond acceptors (Lipinski definition) is 4. The van der Waals surface area contributed by atoms with Crippen molar-refractivity contribution in [3.05, 3.63) is 17.2 Å². The first kappa shape index (κ1) is 12.6. The van der Waals surface area contributed by atoms with Crippen LogP contribution in [0.15, 0.2) is 6.07 Å². The summed E-state index contributed by atoms with van der Waals surface area (Å²) >= 11 is 0. The van der Waals surface area contributed by atoms with Crippen molar-refractivity contribution in [3.8, 4) is 5.75 Å². The number of likely N-dealkylation sites (N-methyl/N-ethyl adjacent to an activating group) is 1. The van der Waals surface area contributed by atoms with E-state index in [0.717, 1.165) is 45.1 Å². The van der Waals surface area contributed by atoms with Gasteiger partial charge in [0.05, 0.1) is 12.2 Å². The van der Waals surface area contributed by atoms with Crippen LogP contribution >= 0.6 is 0 Å². The second-order valence-corrected chi connectivity index (χ2v) is 5.52. The van der Waals surface area contributed by atoms with Crippen LogP contribution in [0, 0.1) is 13.8 Å². The molecule has 1 saturated heterocycles. The molecule has 0 aromatic heterocycles. The van der Waals surface area contributed by atoms with E-state index in [9.17, 15) is 0 Å². The Hall–Kier alpha value is -1.42. The van der Waals surface area contributed by atoms with E-state index in [1.165, 1.54) is 22.5 Å². The predicted molar refractivity (Wildman–Crippen MR) is 79.8 cm³/mol. The molecule has 0 radical (unpaired) electrons. The molecule has 0 saturated carbocycles. The minimum atomic E-state index is 0.788. The molecule has 0 aliphatic carbocycles. The monoisotopic (exact) mass is 261 g/mol. The molecule has 1 fully saturated rings. The largest absolute Gasteiger partial charge is 0.489 e. The van der Waals surface area contributed by atoms with Gasteiger partial charge in [-0.15, -0.1) is 0 Å². The van der Waals surface area contributed by atoms with Gasteiger partial charge in [-0.1, -0.05) is 0 Å². The van der Waals surface area contributed by atoms with Crippen molar-refractivity contribution in [2.45, 2.75) is 13.8 Å². The van der Waals surface area contributed by atoms with Gasteiger partial charge >= 0.3 is 0 Å². The Labute approximate surface area is 115 Å². The summed E-state index contributed by atoms with van der Waals surface area (Å²) in [5.41, 5.74) is 5.25. The summed E-state index contributed by atoms with van der Waals surface area (Å²) in [7, 11) is 2.16. The van der Waals surface area contributed by atoms with Crippen LogP contribution < -0.4 is 19.9 Å². The third kappa shape index (κ3) is 2.14. The van der Waals surface area contributed by atoms with Crippen molar-refractivity contribution in [1.29, 1.82) is 0 Å². The fourth-order valence-electron chi connectivity index (χ4n) is 3.13. The lowest BCUT2D eigenvalue weighted by molar-refractivity contribution is 0.309. The fraction of sp³-hybridized carbons (Fsp3) is 0.600. The van der Waals surface area contributed by atoms with Gasteiger partial charge in [-0.05, 0) is 31.0 Å². The summed E-state index contributed by atoms with van der Waals surface area (Å²) in [5, 5.41) is 3.41. The van der Waals surface area contributed by atoms with Gasteiger partial charge in [0.25, 0.3) is 0 Å². The Morgan fingerprint density at radius 1 is 1.16 bits per heavy atom. The number of rotatable bonds is 1. The molecule has 0 amide bonds. The summed E-state index contributed by atoms with van der Waals surface area (Å²) in [6, 6.07) is 2.29. The maximum atomic E-state index is 5.88. The average molecular weight is 261 g/mol. The molecule has 0 unspecified atom stereocenters. The van der Waals surface area contributed by atoms with Gasteiger partial charge in [-0.25, -0.2) is 0 Å². The van der Waals surface area contributed by atoms with Gasteiger partial charge in [-0.2, -0.15) is 0 Å². The maximum Gasteiger partial charge on any atom is 0.146 e.